The highest BCUT2D eigenvalue weighted by Crippen LogP contribution is 2.31. The standard InChI is InChI=1S/C14H11FO2S/c1-9-2-7-12(14(16)17)13(8-9)18-11-5-3-10(15)4-6-11/h2-8H,1H3,(H,16,17). The van der Waals surface area contributed by atoms with Gasteiger partial charge in [-0.1, -0.05) is 17.8 Å². The average molecular weight is 262 g/mol. The van der Waals surface area contributed by atoms with Gasteiger partial charge in [0, 0.05) is 9.79 Å². The van der Waals surface area contributed by atoms with Crippen LogP contribution in [-0.4, -0.2) is 11.1 Å². The molecule has 1 N–H and O–H groups in total. The Morgan fingerprint density at radius 2 is 1.83 bits per heavy atom. The van der Waals surface area contributed by atoms with Crippen molar-refractivity contribution >= 4 is 17.7 Å². The van der Waals surface area contributed by atoms with Crippen molar-refractivity contribution < 1.29 is 14.3 Å². The van der Waals surface area contributed by atoms with E-state index >= 15 is 0 Å². The van der Waals surface area contributed by atoms with Gasteiger partial charge in [0.05, 0.1) is 5.56 Å². The van der Waals surface area contributed by atoms with Crippen molar-refractivity contribution in [1.82, 2.24) is 0 Å². The van der Waals surface area contributed by atoms with Crippen LogP contribution in [0.25, 0.3) is 0 Å². The second-order valence-corrected chi connectivity index (χ2v) is 4.98. The molecule has 0 aliphatic rings. The molecule has 0 bridgehead atoms. The topological polar surface area (TPSA) is 37.3 Å². The van der Waals surface area contributed by atoms with Crippen molar-refractivity contribution in [3.05, 3.63) is 59.4 Å². The van der Waals surface area contributed by atoms with Gasteiger partial charge in [-0.2, -0.15) is 0 Å². The zero-order valence-electron chi connectivity index (χ0n) is 9.68. The van der Waals surface area contributed by atoms with Crippen molar-refractivity contribution in [2.75, 3.05) is 0 Å². The Balaban J connectivity index is 2.35. The quantitative estimate of drug-likeness (QED) is 0.909. The third-order valence-corrected chi connectivity index (χ3v) is 3.47. The van der Waals surface area contributed by atoms with E-state index in [1.54, 1.807) is 24.3 Å². The van der Waals surface area contributed by atoms with E-state index in [0.29, 0.717) is 4.90 Å². The number of rotatable bonds is 3. The average Bonchev–Trinajstić information content (AvgIpc) is 2.32. The van der Waals surface area contributed by atoms with Crippen molar-refractivity contribution in [2.24, 2.45) is 0 Å². The number of benzene rings is 2. The van der Waals surface area contributed by atoms with Gasteiger partial charge in [0.15, 0.2) is 0 Å². The number of aromatic carboxylic acids is 1. The van der Waals surface area contributed by atoms with Crippen LogP contribution in [-0.2, 0) is 0 Å². The van der Waals surface area contributed by atoms with Gasteiger partial charge in [-0.3, -0.25) is 0 Å². The molecule has 0 heterocycles. The largest absolute Gasteiger partial charge is 0.478 e. The van der Waals surface area contributed by atoms with Crippen LogP contribution in [0.1, 0.15) is 15.9 Å². The Kier molecular flexibility index (Phi) is 3.67. The Morgan fingerprint density at radius 3 is 2.44 bits per heavy atom. The summed E-state index contributed by atoms with van der Waals surface area (Å²) < 4.78 is 12.8. The maximum absolute atomic E-state index is 12.8. The molecule has 0 unspecified atom stereocenters. The van der Waals surface area contributed by atoms with E-state index in [0.717, 1.165) is 10.5 Å². The summed E-state index contributed by atoms with van der Waals surface area (Å²) in [6.07, 6.45) is 0. The summed E-state index contributed by atoms with van der Waals surface area (Å²) in [5.74, 6) is -1.26. The Bertz CT molecular complexity index is 579. The van der Waals surface area contributed by atoms with Crippen LogP contribution in [0, 0.1) is 12.7 Å². The molecule has 2 nitrogen and oxygen atoms in total. The third-order valence-electron chi connectivity index (χ3n) is 2.41. The van der Waals surface area contributed by atoms with Crippen LogP contribution in [0.2, 0.25) is 0 Å². The molecular formula is C14H11FO2S. The van der Waals surface area contributed by atoms with Gasteiger partial charge in [-0.05, 0) is 48.9 Å². The molecule has 2 aromatic rings. The highest BCUT2D eigenvalue weighted by Gasteiger charge is 2.11. The van der Waals surface area contributed by atoms with E-state index in [4.69, 9.17) is 5.11 Å². The van der Waals surface area contributed by atoms with E-state index in [1.807, 2.05) is 13.0 Å². The smallest absolute Gasteiger partial charge is 0.336 e. The molecule has 0 radical (unpaired) electrons. The molecule has 0 aromatic heterocycles. The first-order valence-corrected chi connectivity index (χ1v) is 6.15. The predicted molar refractivity (Wildman–Crippen MR) is 68.7 cm³/mol. The minimum absolute atomic E-state index is 0.259. The van der Waals surface area contributed by atoms with E-state index in [1.165, 1.54) is 23.9 Å². The molecule has 0 spiro atoms. The highest BCUT2D eigenvalue weighted by atomic mass is 32.2. The summed E-state index contributed by atoms with van der Waals surface area (Å²) in [6.45, 7) is 1.90. The second kappa shape index (κ2) is 5.23. The molecule has 4 heteroatoms. The summed E-state index contributed by atoms with van der Waals surface area (Å²) in [6, 6.07) is 11.2. The number of halogens is 1. The van der Waals surface area contributed by atoms with Crippen LogP contribution in [0.3, 0.4) is 0 Å². The number of carboxylic acid groups (broad SMARTS) is 1. The normalized spacial score (nSPS) is 10.3. The van der Waals surface area contributed by atoms with E-state index in [-0.39, 0.29) is 11.4 Å². The van der Waals surface area contributed by atoms with E-state index in [9.17, 15) is 9.18 Å². The molecule has 92 valence electrons. The first-order valence-electron chi connectivity index (χ1n) is 5.33. The molecule has 0 atom stereocenters. The minimum atomic E-state index is -0.959. The van der Waals surface area contributed by atoms with Gasteiger partial charge >= 0.3 is 5.97 Å². The molecule has 0 fully saturated rings. The van der Waals surface area contributed by atoms with Crippen molar-refractivity contribution in [3.8, 4) is 0 Å². The molecule has 0 saturated carbocycles. The van der Waals surface area contributed by atoms with Crippen LogP contribution in [0.5, 0.6) is 0 Å². The SMILES string of the molecule is Cc1ccc(C(=O)O)c(Sc2ccc(F)cc2)c1. The summed E-state index contributed by atoms with van der Waals surface area (Å²) >= 11 is 1.32. The number of hydrogen-bond acceptors (Lipinski definition) is 2. The zero-order valence-corrected chi connectivity index (χ0v) is 10.5. The number of hydrogen-bond donors (Lipinski definition) is 1. The Morgan fingerprint density at radius 1 is 1.17 bits per heavy atom. The maximum atomic E-state index is 12.8. The molecule has 2 aromatic carbocycles. The highest BCUT2D eigenvalue weighted by molar-refractivity contribution is 7.99. The van der Waals surface area contributed by atoms with Gasteiger partial charge in [-0.25, -0.2) is 9.18 Å². The molecule has 0 aliphatic carbocycles. The Hall–Kier alpha value is -1.81. The molecule has 0 aliphatic heterocycles. The lowest BCUT2D eigenvalue weighted by atomic mass is 10.1. The van der Waals surface area contributed by atoms with Crippen LogP contribution < -0.4 is 0 Å². The fourth-order valence-corrected chi connectivity index (χ4v) is 2.56. The lowest BCUT2D eigenvalue weighted by Gasteiger charge is -2.07. The molecule has 0 saturated heterocycles. The first kappa shape index (κ1) is 12.6. The molecule has 2 rings (SSSR count). The summed E-state index contributed by atoms with van der Waals surface area (Å²) in [7, 11) is 0. The van der Waals surface area contributed by atoms with Crippen LogP contribution in [0.4, 0.5) is 4.39 Å². The van der Waals surface area contributed by atoms with Crippen LogP contribution >= 0.6 is 11.8 Å². The van der Waals surface area contributed by atoms with E-state index in [2.05, 4.69) is 0 Å². The molecule has 18 heavy (non-hydrogen) atoms. The third kappa shape index (κ3) is 2.90. The predicted octanol–water partition coefficient (Wildman–Crippen LogP) is 3.98. The lowest BCUT2D eigenvalue weighted by Crippen LogP contribution is -1.98. The van der Waals surface area contributed by atoms with Gasteiger partial charge < -0.3 is 5.11 Å². The summed E-state index contributed by atoms with van der Waals surface area (Å²) in [5, 5.41) is 9.11. The summed E-state index contributed by atoms with van der Waals surface area (Å²) in [4.78, 5) is 12.6. The van der Waals surface area contributed by atoms with Gasteiger partial charge in [-0.15, -0.1) is 0 Å². The number of aryl methyl sites for hydroxylation is 1. The van der Waals surface area contributed by atoms with Crippen molar-refractivity contribution in [1.29, 1.82) is 0 Å². The van der Waals surface area contributed by atoms with Crippen molar-refractivity contribution in [3.63, 3.8) is 0 Å². The van der Waals surface area contributed by atoms with Gasteiger partial charge in [0.25, 0.3) is 0 Å². The number of carboxylic acids is 1. The summed E-state index contributed by atoms with van der Waals surface area (Å²) in [5.41, 5.74) is 1.25. The molecular weight excluding hydrogens is 251 g/mol. The van der Waals surface area contributed by atoms with E-state index < -0.39 is 5.97 Å². The van der Waals surface area contributed by atoms with Gasteiger partial charge in [0.1, 0.15) is 5.82 Å². The molecule has 0 amide bonds. The fraction of sp³-hybridized carbons (Fsp3) is 0.0714. The maximum Gasteiger partial charge on any atom is 0.336 e. The monoisotopic (exact) mass is 262 g/mol. The number of carbonyl (C=O) groups is 1. The van der Waals surface area contributed by atoms with Crippen LogP contribution in [0.15, 0.2) is 52.3 Å². The van der Waals surface area contributed by atoms with Crippen molar-refractivity contribution in [2.45, 2.75) is 16.7 Å². The Labute approximate surface area is 108 Å². The fourth-order valence-electron chi connectivity index (χ4n) is 1.52. The minimum Gasteiger partial charge on any atom is -0.478 e. The lowest BCUT2D eigenvalue weighted by molar-refractivity contribution is 0.0693. The van der Waals surface area contributed by atoms with Gasteiger partial charge in [0.2, 0.25) is 0 Å². The zero-order chi connectivity index (χ0) is 13.1. The second-order valence-electron chi connectivity index (χ2n) is 3.86. The first-order chi connectivity index (χ1) is 8.56.